The summed E-state index contributed by atoms with van der Waals surface area (Å²) < 4.78 is 25.9. The molecule has 5 heterocycles. The van der Waals surface area contributed by atoms with Crippen molar-refractivity contribution in [1.82, 2.24) is 33.6 Å². The molecule has 4 aromatic heterocycles. The fraction of sp³-hybridized carbons (Fsp3) is 0.419. The Kier molecular flexibility index (Phi) is 6.69. The lowest BCUT2D eigenvalue weighted by atomic mass is 10.0. The van der Waals surface area contributed by atoms with Gasteiger partial charge in [0.25, 0.3) is 5.91 Å². The SMILES string of the molecule is CC(COc1cccc2cc(-c3nc4cc5c(nc4n3C)CCN(CC(N)CF)C5=O)n(CC3CC3)c12)n1ccnc1. The molecule has 2 unspecified atom stereocenters. The molecule has 2 aliphatic rings. The van der Waals surface area contributed by atoms with Crippen LogP contribution < -0.4 is 10.5 Å². The first-order valence-electron chi connectivity index (χ1n) is 14.6. The van der Waals surface area contributed by atoms with Gasteiger partial charge in [0.1, 0.15) is 24.5 Å². The Morgan fingerprint density at radius 3 is 2.83 bits per heavy atom. The smallest absolute Gasteiger partial charge is 0.255 e. The number of rotatable bonds is 10. The summed E-state index contributed by atoms with van der Waals surface area (Å²) in [6.45, 7) is 3.51. The highest BCUT2D eigenvalue weighted by atomic mass is 19.1. The van der Waals surface area contributed by atoms with Crippen LogP contribution in [0.5, 0.6) is 5.75 Å². The van der Waals surface area contributed by atoms with Crippen LogP contribution in [0.1, 0.15) is 41.9 Å². The quantitative estimate of drug-likeness (QED) is 0.271. The van der Waals surface area contributed by atoms with Crippen LogP contribution in [0.15, 0.2) is 49.1 Å². The highest BCUT2D eigenvalue weighted by Crippen LogP contribution is 2.39. The third-order valence-corrected chi connectivity index (χ3v) is 8.48. The van der Waals surface area contributed by atoms with Crippen LogP contribution in [0.25, 0.3) is 33.6 Å². The number of ether oxygens (including phenoxy) is 1. The van der Waals surface area contributed by atoms with Gasteiger partial charge in [-0.3, -0.25) is 4.79 Å². The molecule has 1 saturated carbocycles. The Balaban J connectivity index is 1.28. The van der Waals surface area contributed by atoms with Gasteiger partial charge in [-0.25, -0.2) is 19.3 Å². The summed E-state index contributed by atoms with van der Waals surface area (Å²) in [7, 11) is 1.98. The monoisotopic (exact) mass is 570 g/mol. The molecule has 42 heavy (non-hydrogen) atoms. The number of benzene rings is 1. The van der Waals surface area contributed by atoms with E-state index in [1.807, 2.05) is 46.9 Å². The summed E-state index contributed by atoms with van der Waals surface area (Å²) in [5, 5.41) is 1.09. The average molecular weight is 571 g/mol. The van der Waals surface area contributed by atoms with E-state index in [0.717, 1.165) is 46.1 Å². The first kappa shape index (κ1) is 26.6. The van der Waals surface area contributed by atoms with Gasteiger partial charge in [0.15, 0.2) is 11.5 Å². The number of pyridine rings is 1. The van der Waals surface area contributed by atoms with Crippen LogP contribution in [0.4, 0.5) is 4.39 Å². The number of aromatic nitrogens is 6. The van der Waals surface area contributed by atoms with E-state index < -0.39 is 12.7 Å². The van der Waals surface area contributed by atoms with Crippen molar-refractivity contribution >= 4 is 28.0 Å². The van der Waals surface area contributed by atoms with E-state index in [2.05, 4.69) is 28.6 Å². The molecule has 1 aliphatic heterocycles. The molecule has 218 valence electrons. The van der Waals surface area contributed by atoms with E-state index in [1.165, 1.54) is 12.8 Å². The Labute approximate surface area is 242 Å². The van der Waals surface area contributed by atoms with Gasteiger partial charge in [0, 0.05) is 50.9 Å². The van der Waals surface area contributed by atoms with Crippen molar-refractivity contribution in [3.63, 3.8) is 0 Å². The Morgan fingerprint density at radius 2 is 2.07 bits per heavy atom. The largest absolute Gasteiger partial charge is 0.489 e. The van der Waals surface area contributed by atoms with Crippen molar-refractivity contribution in [1.29, 1.82) is 0 Å². The fourth-order valence-corrected chi connectivity index (χ4v) is 5.94. The molecule has 1 aromatic carbocycles. The van der Waals surface area contributed by atoms with Gasteiger partial charge >= 0.3 is 0 Å². The van der Waals surface area contributed by atoms with Gasteiger partial charge in [-0.05, 0) is 43.9 Å². The zero-order chi connectivity index (χ0) is 29.0. The summed E-state index contributed by atoms with van der Waals surface area (Å²) in [5.74, 6) is 2.09. The number of amides is 1. The minimum Gasteiger partial charge on any atom is -0.489 e. The van der Waals surface area contributed by atoms with Gasteiger partial charge in [-0.1, -0.05) is 12.1 Å². The molecule has 2 atom stereocenters. The topological polar surface area (TPSA) is 109 Å². The molecular formula is C31H35FN8O2. The molecule has 0 radical (unpaired) electrons. The lowest BCUT2D eigenvalue weighted by molar-refractivity contribution is 0.0723. The number of nitrogens with zero attached hydrogens (tertiary/aromatic N) is 7. The number of halogens is 1. The van der Waals surface area contributed by atoms with E-state index >= 15 is 0 Å². The molecule has 0 spiro atoms. The number of nitrogens with two attached hydrogens (primary N) is 1. The van der Waals surface area contributed by atoms with Crippen molar-refractivity contribution in [3.05, 3.63) is 60.3 Å². The summed E-state index contributed by atoms with van der Waals surface area (Å²) in [6, 6.07) is 9.63. The molecular weight excluding hydrogens is 535 g/mol. The Hall–Kier alpha value is -4.25. The predicted molar refractivity (Wildman–Crippen MR) is 158 cm³/mol. The molecule has 10 nitrogen and oxygen atoms in total. The fourth-order valence-electron chi connectivity index (χ4n) is 5.94. The van der Waals surface area contributed by atoms with Crippen LogP contribution in [0, 0.1) is 5.92 Å². The van der Waals surface area contributed by atoms with Crippen LogP contribution in [-0.2, 0) is 20.0 Å². The van der Waals surface area contributed by atoms with E-state index in [1.54, 1.807) is 11.1 Å². The highest BCUT2D eigenvalue weighted by Gasteiger charge is 2.30. The maximum absolute atomic E-state index is 13.2. The van der Waals surface area contributed by atoms with Gasteiger partial charge in [0.05, 0.1) is 40.9 Å². The van der Waals surface area contributed by atoms with Gasteiger partial charge in [0.2, 0.25) is 0 Å². The van der Waals surface area contributed by atoms with Gasteiger partial charge < -0.3 is 29.1 Å². The molecule has 0 saturated heterocycles. The van der Waals surface area contributed by atoms with E-state index in [9.17, 15) is 9.18 Å². The number of fused-ring (bicyclic) bond motifs is 3. The second kappa shape index (κ2) is 10.5. The molecule has 1 aliphatic carbocycles. The first-order valence-corrected chi connectivity index (χ1v) is 14.6. The Bertz CT molecular complexity index is 1770. The Morgan fingerprint density at radius 1 is 1.21 bits per heavy atom. The number of aryl methyl sites for hydroxylation is 1. The van der Waals surface area contributed by atoms with Crippen LogP contribution >= 0.6 is 0 Å². The number of hydrogen-bond donors (Lipinski definition) is 1. The van der Waals surface area contributed by atoms with E-state index in [-0.39, 0.29) is 18.5 Å². The zero-order valence-electron chi connectivity index (χ0n) is 23.9. The first-order chi connectivity index (χ1) is 20.4. The number of carbonyl (C=O) groups is 1. The summed E-state index contributed by atoms with van der Waals surface area (Å²) in [5.41, 5.74) is 10.5. The third-order valence-electron chi connectivity index (χ3n) is 8.48. The zero-order valence-corrected chi connectivity index (χ0v) is 23.9. The lowest BCUT2D eigenvalue weighted by Crippen LogP contribution is -2.45. The third kappa shape index (κ3) is 4.71. The minimum atomic E-state index is -0.690. The van der Waals surface area contributed by atoms with Gasteiger partial charge in [-0.2, -0.15) is 0 Å². The van der Waals surface area contributed by atoms with Crippen LogP contribution in [0.3, 0.4) is 0 Å². The van der Waals surface area contributed by atoms with E-state index in [4.69, 9.17) is 20.4 Å². The highest BCUT2D eigenvalue weighted by molar-refractivity contribution is 5.99. The second-order valence-corrected chi connectivity index (χ2v) is 11.7. The number of para-hydroxylation sites is 1. The summed E-state index contributed by atoms with van der Waals surface area (Å²) >= 11 is 0. The molecule has 1 fully saturated rings. The molecule has 0 bridgehead atoms. The van der Waals surface area contributed by atoms with Crippen molar-refractivity contribution in [2.75, 3.05) is 26.4 Å². The normalized spacial score (nSPS) is 16.8. The number of alkyl halides is 1. The van der Waals surface area contributed by atoms with Crippen molar-refractivity contribution in [3.8, 4) is 17.3 Å². The van der Waals surface area contributed by atoms with E-state index in [0.29, 0.717) is 36.6 Å². The van der Waals surface area contributed by atoms with Gasteiger partial charge in [-0.15, -0.1) is 0 Å². The summed E-state index contributed by atoms with van der Waals surface area (Å²) in [6.07, 6.45) is 8.55. The summed E-state index contributed by atoms with van der Waals surface area (Å²) in [4.78, 5) is 28.9. The average Bonchev–Trinajstić information content (AvgIpc) is 3.36. The maximum atomic E-state index is 13.2. The maximum Gasteiger partial charge on any atom is 0.255 e. The molecule has 11 heteroatoms. The van der Waals surface area contributed by atoms with Crippen molar-refractivity contribution in [2.45, 2.75) is 44.8 Å². The van der Waals surface area contributed by atoms with Crippen molar-refractivity contribution in [2.24, 2.45) is 18.7 Å². The number of hydrogen-bond acceptors (Lipinski definition) is 6. The van der Waals surface area contributed by atoms with Crippen molar-refractivity contribution < 1.29 is 13.9 Å². The van der Waals surface area contributed by atoms with Crippen LogP contribution in [-0.4, -0.2) is 71.9 Å². The predicted octanol–water partition coefficient (Wildman–Crippen LogP) is 4.13. The molecule has 1 amide bonds. The van der Waals surface area contributed by atoms with Crippen LogP contribution in [0.2, 0.25) is 0 Å². The lowest BCUT2D eigenvalue weighted by Gasteiger charge is -2.29. The standard InChI is InChI=1S/C31H35FN8O2/c1-19(39-11-9-34-18-39)17-42-27-5-3-4-21-12-26(40(28(21)27)15-20-6-7-20)30-36-25-13-23-24(35-29(25)37(30)2)8-10-38(31(23)41)16-22(33)14-32/h3-5,9,11-13,18-20,22H,6-8,10,14-17,33H2,1-2H3. The number of imidazole rings is 2. The molecule has 5 aromatic rings. The molecule has 2 N–H and O–H groups in total. The molecule has 7 rings (SSSR count). The second-order valence-electron chi connectivity index (χ2n) is 11.7. The minimum absolute atomic E-state index is 0.136. The number of carbonyl (C=O) groups excluding carboxylic acids is 1.